The highest BCUT2D eigenvalue weighted by Gasteiger charge is 2.46. The molecule has 1 saturated carbocycles. The fourth-order valence-electron chi connectivity index (χ4n) is 3.76. The van der Waals surface area contributed by atoms with Crippen molar-refractivity contribution in [1.82, 2.24) is 9.88 Å². The normalized spacial score (nSPS) is 31.0. The standard InChI is InChI=1S/C14H20N2O3/c1-18-12-4-2-5-14(12)6-3-7-16(9-14)13(17)11-8-19-10-15-11/h8,10,12H,2-7,9H2,1H3/t12-,14-/m1/s1. The van der Waals surface area contributed by atoms with E-state index in [1.807, 2.05) is 4.90 Å². The van der Waals surface area contributed by atoms with Gasteiger partial charge in [0.15, 0.2) is 12.1 Å². The molecule has 5 nitrogen and oxygen atoms in total. The van der Waals surface area contributed by atoms with Crippen molar-refractivity contribution in [2.75, 3.05) is 20.2 Å². The highest BCUT2D eigenvalue weighted by atomic mass is 16.5. The SMILES string of the molecule is CO[C@@H]1CCC[C@]12CCCN(C(=O)c1cocn1)C2. The predicted octanol–water partition coefficient (Wildman–Crippen LogP) is 2.10. The van der Waals surface area contributed by atoms with Gasteiger partial charge in [0.2, 0.25) is 0 Å². The van der Waals surface area contributed by atoms with Crippen LogP contribution in [-0.2, 0) is 4.74 Å². The lowest BCUT2D eigenvalue weighted by molar-refractivity contribution is -0.0296. The van der Waals surface area contributed by atoms with Crippen LogP contribution in [0.2, 0.25) is 0 Å². The van der Waals surface area contributed by atoms with Crippen LogP contribution in [0, 0.1) is 5.41 Å². The molecular weight excluding hydrogens is 244 g/mol. The number of oxazole rings is 1. The zero-order chi connectivity index (χ0) is 13.3. The number of hydrogen-bond acceptors (Lipinski definition) is 4. The van der Waals surface area contributed by atoms with Gasteiger partial charge >= 0.3 is 0 Å². The molecule has 0 unspecified atom stereocenters. The average Bonchev–Trinajstić information content (AvgIpc) is 3.08. The molecule has 2 heterocycles. The summed E-state index contributed by atoms with van der Waals surface area (Å²) in [5, 5.41) is 0. The molecule has 0 bridgehead atoms. The molecule has 2 atom stereocenters. The molecule has 3 rings (SSSR count). The first kappa shape index (κ1) is 12.7. The molecule has 19 heavy (non-hydrogen) atoms. The molecule has 0 aromatic carbocycles. The van der Waals surface area contributed by atoms with Crippen molar-refractivity contribution in [2.45, 2.75) is 38.2 Å². The molecule has 5 heteroatoms. The number of likely N-dealkylation sites (tertiary alicyclic amines) is 1. The Balaban J connectivity index is 1.76. The summed E-state index contributed by atoms with van der Waals surface area (Å²) in [5.41, 5.74) is 0.566. The second kappa shape index (κ2) is 4.96. The zero-order valence-corrected chi connectivity index (χ0v) is 11.3. The van der Waals surface area contributed by atoms with E-state index >= 15 is 0 Å². The number of amides is 1. The maximum Gasteiger partial charge on any atom is 0.275 e. The van der Waals surface area contributed by atoms with E-state index in [0.29, 0.717) is 11.8 Å². The molecule has 1 aliphatic carbocycles. The lowest BCUT2D eigenvalue weighted by Crippen LogP contribution is -2.49. The van der Waals surface area contributed by atoms with Crippen molar-refractivity contribution < 1.29 is 13.9 Å². The minimum Gasteiger partial charge on any atom is -0.451 e. The van der Waals surface area contributed by atoms with Crippen LogP contribution >= 0.6 is 0 Å². The Labute approximate surface area is 112 Å². The molecule has 104 valence electrons. The van der Waals surface area contributed by atoms with Crippen LogP contribution in [0.4, 0.5) is 0 Å². The lowest BCUT2D eigenvalue weighted by Gasteiger charge is -2.43. The summed E-state index contributed by atoms with van der Waals surface area (Å²) >= 11 is 0. The van der Waals surface area contributed by atoms with Gasteiger partial charge in [0.25, 0.3) is 5.91 Å². The van der Waals surface area contributed by atoms with Crippen molar-refractivity contribution in [3.05, 3.63) is 18.4 Å². The van der Waals surface area contributed by atoms with Gasteiger partial charge in [-0.1, -0.05) is 6.42 Å². The Morgan fingerprint density at radius 2 is 2.37 bits per heavy atom. The van der Waals surface area contributed by atoms with Crippen LogP contribution in [-0.4, -0.2) is 42.1 Å². The smallest absolute Gasteiger partial charge is 0.275 e. The van der Waals surface area contributed by atoms with Crippen LogP contribution < -0.4 is 0 Å². The number of methoxy groups -OCH3 is 1. The third kappa shape index (κ3) is 2.16. The van der Waals surface area contributed by atoms with Crippen LogP contribution in [0.1, 0.15) is 42.6 Å². The summed E-state index contributed by atoms with van der Waals surface area (Å²) in [6.07, 6.45) is 8.70. The summed E-state index contributed by atoms with van der Waals surface area (Å²) < 4.78 is 10.6. The van der Waals surface area contributed by atoms with Crippen LogP contribution in [0.5, 0.6) is 0 Å². The van der Waals surface area contributed by atoms with E-state index < -0.39 is 0 Å². The van der Waals surface area contributed by atoms with Crippen LogP contribution in [0.15, 0.2) is 17.1 Å². The molecular formula is C14H20N2O3. The van der Waals surface area contributed by atoms with Gasteiger partial charge in [-0.2, -0.15) is 0 Å². The predicted molar refractivity (Wildman–Crippen MR) is 68.7 cm³/mol. The molecule has 1 aromatic rings. The Morgan fingerprint density at radius 3 is 3.11 bits per heavy atom. The molecule has 1 aromatic heterocycles. The van der Waals surface area contributed by atoms with Gasteiger partial charge in [-0.3, -0.25) is 4.79 Å². The molecule has 1 spiro atoms. The molecule has 1 amide bonds. The fraction of sp³-hybridized carbons (Fsp3) is 0.714. The number of carbonyl (C=O) groups excluding carboxylic acids is 1. The van der Waals surface area contributed by atoms with E-state index in [0.717, 1.165) is 38.8 Å². The second-order valence-electron chi connectivity index (χ2n) is 5.68. The third-order valence-corrected chi connectivity index (χ3v) is 4.66. The first-order valence-corrected chi connectivity index (χ1v) is 6.95. The summed E-state index contributed by atoms with van der Waals surface area (Å²) in [4.78, 5) is 18.2. The first-order chi connectivity index (χ1) is 9.25. The van der Waals surface area contributed by atoms with Gasteiger partial charge in [0, 0.05) is 25.6 Å². The van der Waals surface area contributed by atoms with E-state index in [1.54, 1.807) is 7.11 Å². The van der Waals surface area contributed by atoms with Crippen molar-refractivity contribution >= 4 is 5.91 Å². The topological polar surface area (TPSA) is 55.6 Å². The molecule has 1 aliphatic heterocycles. The Kier molecular flexibility index (Phi) is 3.31. The summed E-state index contributed by atoms with van der Waals surface area (Å²) in [5.74, 6) is -0.0189. The van der Waals surface area contributed by atoms with Crippen molar-refractivity contribution in [2.24, 2.45) is 5.41 Å². The zero-order valence-electron chi connectivity index (χ0n) is 11.3. The third-order valence-electron chi connectivity index (χ3n) is 4.66. The van der Waals surface area contributed by atoms with Gasteiger partial charge in [0.1, 0.15) is 6.26 Å². The minimum atomic E-state index is -0.0189. The van der Waals surface area contributed by atoms with Gasteiger partial charge in [0.05, 0.1) is 6.10 Å². The number of nitrogens with zero attached hydrogens (tertiary/aromatic N) is 2. The lowest BCUT2D eigenvalue weighted by atomic mass is 9.76. The van der Waals surface area contributed by atoms with Crippen LogP contribution in [0.25, 0.3) is 0 Å². The quantitative estimate of drug-likeness (QED) is 0.820. The molecule has 2 fully saturated rings. The Morgan fingerprint density at radius 1 is 1.53 bits per heavy atom. The Bertz CT molecular complexity index is 446. The van der Waals surface area contributed by atoms with E-state index in [2.05, 4.69) is 4.98 Å². The number of piperidine rings is 1. The molecule has 2 aliphatic rings. The van der Waals surface area contributed by atoms with E-state index in [-0.39, 0.29) is 11.3 Å². The average molecular weight is 264 g/mol. The number of hydrogen-bond donors (Lipinski definition) is 0. The molecule has 0 radical (unpaired) electrons. The number of carbonyl (C=O) groups is 1. The molecule has 1 saturated heterocycles. The maximum atomic E-state index is 12.4. The maximum absolute atomic E-state index is 12.4. The van der Waals surface area contributed by atoms with E-state index in [9.17, 15) is 4.79 Å². The molecule has 0 N–H and O–H groups in total. The van der Waals surface area contributed by atoms with E-state index in [1.165, 1.54) is 19.1 Å². The summed E-state index contributed by atoms with van der Waals surface area (Å²) in [7, 11) is 1.79. The van der Waals surface area contributed by atoms with Crippen molar-refractivity contribution in [3.63, 3.8) is 0 Å². The monoisotopic (exact) mass is 264 g/mol. The van der Waals surface area contributed by atoms with Gasteiger partial charge in [-0.05, 0) is 25.7 Å². The van der Waals surface area contributed by atoms with Gasteiger partial charge in [-0.25, -0.2) is 4.98 Å². The second-order valence-corrected chi connectivity index (χ2v) is 5.68. The summed E-state index contributed by atoms with van der Waals surface area (Å²) in [6.45, 7) is 1.60. The number of ether oxygens (including phenoxy) is 1. The Hall–Kier alpha value is -1.36. The number of rotatable bonds is 2. The minimum absolute atomic E-state index is 0.0189. The largest absolute Gasteiger partial charge is 0.451 e. The van der Waals surface area contributed by atoms with Gasteiger partial charge < -0.3 is 14.1 Å². The van der Waals surface area contributed by atoms with E-state index in [4.69, 9.17) is 9.15 Å². The fourth-order valence-corrected chi connectivity index (χ4v) is 3.76. The van der Waals surface area contributed by atoms with Crippen molar-refractivity contribution in [3.8, 4) is 0 Å². The summed E-state index contributed by atoms with van der Waals surface area (Å²) in [6, 6.07) is 0. The number of aromatic nitrogens is 1. The van der Waals surface area contributed by atoms with Crippen molar-refractivity contribution in [1.29, 1.82) is 0 Å². The van der Waals surface area contributed by atoms with Crippen LogP contribution in [0.3, 0.4) is 0 Å². The first-order valence-electron chi connectivity index (χ1n) is 6.95. The van der Waals surface area contributed by atoms with Gasteiger partial charge in [-0.15, -0.1) is 0 Å². The highest BCUT2D eigenvalue weighted by molar-refractivity contribution is 5.92. The highest BCUT2D eigenvalue weighted by Crippen LogP contribution is 2.46.